The summed E-state index contributed by atoms with van der Waals surface area (Å²) in [7, 11) is 1.65. The van der Waals surface area contributed by atoms with Crippen LogP contribution in [-0.4, -0.2) is 15.0 Å². The summed E-state index contributed by atoms with van der Waals surface area (Å²) in [5, 5.41) is 9.82. The number of anilines is 1. The van der Waals surface area contributed by atoms with E-state index in [4.69, 9.17) is 0 Å². The lowest BCUT2D eigenvalue weighted by Crippen LogP contribution is -2.08. The van der Waals surface area contributed by atoms with E-state index in [2.05, 4.69) is 15.6 Å². The van der Waals surface area contributed by atoms with Crippen LogP contribution in [0.15, 0.2) is 18.3 Å². The average molecular weight is 242 g/mol. The highest BCUT2D eigenvalue weighted by molar-refractivity contribution is 5.46. The van der Waals surface area contributed by atoms with Gasteiger partial charge in [-0.3, -0.25) is 4.68 Å². The first kappa shape index (κ1) is 11.4. The van der Waals surface area contributed by atoms with Crippen molar-refractivity contribution in [3.05, 3.63) is 41.5 Å². The molecule has 90 valence electrons. The minimum Gasteiger partial charge on any atom is -0.375 e. The highest BCUT2D eigenvalue weighted by atomic mass is 19.1. The van der Waals surface area contributed by atoms with Crippen LogP contribution in [0.1, 0.15) is 5.69 Å². The van der Waals surface area contributed by atoms with Crippen LogP contribution >= 0.6 is 0 Å². The number of nitrogens with one attached hydrogen (secondary N) is 1. The molecule has 0 radical (unpaired) electrons. The minimum atomic E-state index is -0.974. The molecular weight excluding hydrogens is 233 g/mol. The van der Waals surface area contributed by atoms with Crippen molar-refractivity contribution >= 4 is 5.69 Å². The van der Waals surface area contributed by atoms with Crippen molar-refractivity contribution in [2.45, 2.75) is 6.54 Å². The van der Waals surface area contributed by atoms with E-state index < -0.39 is 17.5 Å². The van der Waals surface area contributed by atoms with E-state index in [0.29, 0.717) is 17.8 Å². The highest BCUT2D eigenvalue weighted by Gasteiger charge is 2.11. The van der Waals surface area contributed by atoms with E-state index in [1.165, 1.54) is 10.9 Å². The van der Waals surface area contributed by atoms with Crippen molar-refractivity contribution in [3.8, 4) is 0 Å². The molecule has 1 aromatic carbocycles. The van der Waals surface area contributed by atoms with E-state index >= 15 is 0 Å². The summed E-state index contributed by atoms with van der Waals surface area (Å²) in [6, 6.07) is 1.24. The Morgan fingerprint density at radius 3 is 2.41 bits per heavy atom. The average Bonchev–Trinajstić information content (AvgIpc) is 2.62. The molecular formula is C10H9F3N4. The molecule has 0 atom stereocenters. The fourth-order valence-electron chi connectivity index (χ4n) is 1.36. The van der Waals surface area contributed by atoms with Gasteiger partial charge in [0, 0.05) is 19.2 Å². The summed E-state index contributed by atoms with van der Waals surface area (Å²) in [6.07, 6.45) is 1.46. The maximum atomic E-state index is 13.3. The monoisotopic (exact) mass is 242 g/mol. The lowest BCUT2D eigenvalue weighted by atomic mass is 10.2. The topological polar surface area (TPSA) is 42.7 Å². The van der Waals surface area contributed by atoms with E-state index in [9.17, 15) is 13.2 Å². The first-order valence-electron chi connectivity index (χ1n) is 4.80. The third-order valence-corrected chi connectivity index (χ3v) is 2.26. The molecule has 0 aliphatic carbocycles. The van der Waals surface area contributed by atoms with Gasteiger partial charge >= 0.3 is 0 Å². The Bertz CT molecular complexity index is 515. The van der Waals surface area contributed by atoms with Crippen molar-refractivity contribution < 1.29 is 13.2 Å². The molecule has 0 bridgehead atoms. The van der Waals surface area contributed by atoms with Gasteiger partial charge in [0.05, 0.1) is 18.4 Å². The quantitative estimate of drug-likeness (QED) is 0.893. The van der Waals surface area contributed by atoms with Gasteiger partial charge in [0.25, 0.3) is 0 Å². The SMILES string of the molecule is Cn1nncc1CNc1c(F)cc(F)cc1F. The second-order valence-corrected chi connectivity index (χ2v) is 3.45. The second-order valence-electron chi connectivity index (χ2n) is 3.45. The van der Waals surface area contributed by atoms with Crippen molar-refractivity contribution in [2.75, 3.05) is 5.32 Å². The molecule has 1 N–H and O–H groups in total. The van der Waals surface area contributed by atoms with E-state index in [1.54, 1.807) is 7.05 Å². The van der Waals surface area contributed by atoms with Gasteiger partial charge in [0.1, 0.15) is 11.5 Å². The molecule has 4 nitrogen and oxygen atoms in total. The number of aryl methyl sites for hydroxylation is 1. The molecule has 0 fully saturated rings. The first-order chi connectivity index (χ1) is 8.08. The third-order valence-electron chi connectivity index (χ3n) is 2.26. The standard InChI is InChI=1S/C10H9F3N4/c1-17-7(5-15-16-17)4-14-10-8(12)2-6(11)3-9(10)13/h2-3,5,14H,4H2,1H3. The number of nitrogens with zero attached hydrogens (tertiary/aromatic N) is 3. The summed E-state index contributed by atoms with van der Waals surface area (Å²) in [4.78, 5) is 0. The number of benzene rings is 1. The van der Waals surface area contributed by atoms with E-state index in [1.807, 2.05) is 0 Å². The van der Waals surface area contributed by atoms with Crippen molar-refractivity contribution in [1.82, 2.24) is 15.0 Å². The second kappa shape index (κ2) is 4.44. The normalized spacial score (nSPS) is 10.6. The Hall–Kier alpha value is -2.05. The van der Waals surface area contributed by atoms with E-state index in [-0.39, 0.29) is 12.2 Å². The van der Waals surface area contributed by atoms with Crippen LogP contribution in [0.3, 0.4) is 0 Å². The molecule has 0 aliphatic heterocycles. The molecule has 0 saturated carbocycles. The number of aromatic nitrogens is 3. The molecule has 1 aromatic heterocycles. The molecule has 1 heterocycles. The summed E-state index contributed by atoms with van der Waals surface area (Å²) < 4.78 is 40.6. The van der Waals surface area contributed by atoms with Gasteiger partial charge < -0.3 is 5.32 Å². The molecule has 0 saturated heterocycles. The van der Waals surface area contributed by atoms with Gasteiger partial charge in [0.15, 0.2) is 11.6 Å². The third kappa shape index (κ3) is 2.38. The van der Waals surface area contributed by atoms with Crippen molar-refractivity contribution in [1.29, 1.82) is 0 Å². The minimum absolute atomic E-state index is 0.142. The fourth-order valence-corrected chi connectivity index (χ4v) is 1.36. The lowest BCUT2D eigenvalue weighted by Gasteiger charge is -2.08. The molecule has 0 amide bonds. The lowest BCUT2D eigenvalue weighted by molar-refractivity contribution is 0.546. The summed E-state index contributed by atoms with van der Waals surface area (Å²) in [5.41, 5.74) is 0.278. The predicted molar refractivity (Wildman–Crippen MR) is 54.6 cm³/mol. The van der Waals surface area contributed by atoms with Gasteiger partial charge in [-0.2, -0.15) is 0 Å². The van der Waals surface area contributed by atoms with Crippen LogP contribution in [-0.2, 0) is 13.6 Å². The Morgan fingerprint density at radius 1 is 1.24 bits per heavy atom. The van der Waals surface area contributed by atoms with Crippen LogP contribution < -0.4 is 5.32 Å². The van der Waals surface area contributed by atoms with E-state index in [0.717, 1.165) is 0 Å². The van der Waals surface area contributed by atoms with Crippen molar-refractivity contribution in [3.63, 3.8) is 0 Å². The molecule has 7 heteroatoms. The number of hydrogen-bond acceptors (Lipinski definition) is 3. The Morgan fingerprint density at radius 2 is 1.88 bits per heavy atom. The number of hydrogen-bond donors (Lipinski definition) is 1. The van der Waals surface area contributed by atoms with Crippen LogP contribution in [0, 0.1) is 17.5 Å². The summed E-state index contributed by atoms with van der Waals surface area (Å²) in [5.74, 6) is -2.90. The maximum absolute atomic E-state index is 13.3. The van der Waals surface area contributed by atoms with Gasteiger partial charge in [-0.15, -0.1) is 5.10 Å². The molecule has 0 unspecified atom stereocenters. The zero-order valence-electron chi connectivity index (χ0n) is 8.91. The number of rotatable bonds is 3. The van der Waals surface area contributed by atoms with Gasteiger partial charge in [-0.25, -0.2) is 13.2 Å². The maximum Gasteiger partial charge on any atom is 0.152 e. The Labute approximate surface area is 95.1 Å². The zero-order chi connectivity index (χ0) is 12.4. The van der Waals surface area contributed by atoms with Crippen LogP contribution in [0.2, 0.25) is 0 Å². The van der Waals surface area contributed by atoms with Crippen LogP contribution in [0.5, 0.6) is 0 Å². The molecule has 17 heavy (non-hydrogen) atoms. The van der Waals surface area contributed by atoms with Crippen LogP contribution in [0.4, 0.5) is 18.9 Å². The fraction of sp³-hybridized carbons (Fsp3) is 0.200. The molecule has 0 spiro atoms. The zero-order valence-corrected chi connectivity index (χ0v) is 8.91. The molecule has 2 aromatic rings. The van der Waals surface area contributed by atoms with Gasteiger partial charge in [0.2, 0.25) is 0 Å². The Kier molecular flexibility index (Phi) is 2.99. The first-order valence-corrected chi connectivity index (χ1v) is 4.80. The summed E-state index contributed by atoms with van der Waals surface area (Å²) in [6.45, 7) is 0.142. The molecule has 0 aliphatic rings. The summed E-state index contributed by atoms with van der Waals surface area (Å²) >= 11 is 0. The van der Waals surface area contributed by atoms with Crippen LogP contribution in [0.25, 0.3) is 0 Å². The number of halogens is 3. The highest BCUT2D eigenvalue weighted by Crippen LogP contribution is 2.20. The largest absolute Gasteiger partial charge is 0.375 e. The van der Waals surface area contributed by atoms with Crippen molar-refractivity contribution in [2.24, 2.45) is 7.05 Å². The predicted octanol–water partition coefficient (Wildman–Crippen LogP) is 1.84. The van der Waals surface area contributed by atoms with Gasteiger partial charge in [-0.05, 0) is 0 Å². The van der Waals surface area contributed by atoms with Gasteiger partial charge in [-0.1, -0.05) is 5.21 Å². The Balaban J connectivity index is 2.17. The molecule has 2 rings (SSSR count). The smallest absolute Gasteiger partial charge is 0.152 e.